The third-order valence-corrected chi connectivity index (χ3v) is 2.48. The predicted molar refractivity (Wildman–Crippen MR) is 37.8 cm³/mol. The van der Waals surface area contributed by atoms with Crippen molar-refractivity contribution in [2.45, 2.75) is 13.3 Å². The van der Waals surface area contributed by atoms with Crippen molar-refractivity contribution in [3.8, 4) is 0 Å². The highest BCUT2D eigenvalue weighted by molar-refractivity contribution is 9.14. The standard InChI is InChI=1S/C4H6Br2O/c1-2-3(5)4(6)7/h7H,2H2,1H3/b4-3+. The van der Waals surface area contributed by atoms with Gasteiger partial charge >= 0.3 is 0 Å². The minimum Gasteiger partial charge on any atom is -0.501 e. The van der Waals surface area contributed by atoms with Gasteiger partial charge in [0.2, 0.25) is 0 Å². The highest BCUT2D eigenvalue weighted by Gasteiger charge is 1.90. The van der Waals surface area contributed by atoms with Crippen molar-refractivity contribution in [2.75, 3.05) is 0 Å². The van der Waals surface area contributed by atoms with Crippen molar-refractivity contribution >= 4 is 31.9 Å². The van der Waals surface area contributed by atoms with Gasteiger partial charge in [0.05, 0.1) is 0 Å². The molecule has 0 saturated carbocycles. The maximum atomic E-state index is 8.57. The molecule has 0 radical (unpaired) electrons. The van der Waals surface area contributed by atoms with Crippen LogP contribution in [0.4, 0.5) is 0 Å². The minimum absolute atomic E-state index is 0.190. The summed E-state index contributed by atoms with van der Waals surface area (Å²) in [6.07, 6.45) is 0.817. The van der Waals surface area contributed by atoms with E-state index in [4.69, 9.17) is 5.11 Å². The molecule has 0 unspecified atom stereocenters. The second-order valence-corrected chi connectivity index (χ2v) is 2.76. The fraction of sp³-hybridized carbons (Fsp3) is 0.500. The van der Waals surface area contributed by atoms with Crippen LogP contribution in [0.3, 0.4) is 0 Å². The van der Waals surface area contributed by atoms with E-state index in [0.29, 0.717) is 0 Å². The van der Waals surface area contributed by atoms with E-state index in [1.165, 1.54) is 0 Å². The van der Waals surface area contributed by atoms with Crippen molar-refractivity contribution in [3.05, 3.63) is 9.15 Å². The summed E-state index contributed by atoms with van der Waals surface area (Å²) < 4.78 is 0.988. The van der Waals surface area contributed by atoms with Crippen LogP contribution >= 0.6 is 31.9 Å². The molecule has 0 atom stereocenters. The molecule has 0 aromatic carbocycles. The molecule has 0 spiro atoms. The van der Waals surface area contributed by atoms with Gasteiger partial charge in [0, 0.05) is 4.48 Å². The molecule has 0 aliphatic heterocycles. The molecule has 0 aromatic rings. The van der Waals surface area contributed by atoms with Gasteiger partial charge in [-0.05, 0) is 22.4 Å². The summed E-state index contributed by atoms with van der Waals surface area (Å²) >= 11 is 6.01. The summed E-state index contributed by atoms with van der Waals surface area (Å²) in [5, 5.41) is 8.57. The van der Waals surface area contributed by atoms with Crippen molar-refractivity contribution in [1.82, 2.24) is 0 Å². The number of aliphatic hydroxyl groups excluding tert-OH is 1. The first-order chi connectivity index (χ1) is 3.18. The van der Waals surface area contributed by atoms with E-state index in [9.17, 15) is 0 Å². The summed E-state index contributed by atoms with van der Waals surface area (Å²) in [7, 11) is 0. The zero-order valence-electron chi connectivity index (χ0n) is 3.91. The Morgan fingerprint density at radius 2 is 2.00 bits per heavy atom. The first-order valence-corrected chi connectivity index (χ1v) is 3.50. The topological polar surface area (TPSA) is 20.2 Å². The molecule has 0 aromatic heterocycles. The zero-order valence-corrected chi connectivity index (χ0v) is 7.08. The summed E-state index contributed by atoms with van der Waals surface area (Å²) in [5.41, 5.74) is 0. The van der Waals surface area contributed by atoms with Crippen LogP contribution in [-0.4, -0.2) is 5.11 Å². The average Bonchev–Trinajstić information content (AvgIpc) is 1.65. The lowest BCUT2D eigenvalue weighted by molar-refractivity contribution is 0.457. The third-order valence-electron chi connectivity index (χ3n) is 0.534. The number of hydrogen-bond acceptors (Lipinski definition) is 1. The van der Waals surface area contributed by atoms with E-state index >= 15 is 0 Å². The van der Waals surface area contributed by atoms with Crippen LogP contribution in [-0.2, 0) is 0 Å². The van der Waals surface area contributed by atoms with Crippen LogP contribution in [0, 0.1) is 0 Å². The number of rotatable bonds is 1. The fourth-order valence-electron chi connectivity index (χ4n) is 0.146. The summed E-state index contributed by atoms with van der Waals surface area (Å²) in [4.78, 5) is 0. The van der Waals surface area contributed by atoms with Crippen LogP contribution in [0.15, 0.2) is 9.15 Å². The Morgan fingerprint density at radius 1 is 1.57 bits per heavy atom. The number of hydrogen-bond donors (Lipinski definition) is 1. The molecule has 0 saturated heterocycles. The van der Waals surface area contributed by atoms with Crippen LogP contribution in [0.5, 0.6) is 0 Å². The molecule has 0 rings (SSSR count). The Bertz CT molecular complexity index is 83.7. The molecule has 0 amide bonds. The smallest absolute Gasteiger partial charge is 0.169 e. The molecular weight excluding hydrogens is 224 g/mol. The van der Waals surface area contributed by atoms with Gasteiger partial charge in [-0.25, -0.2) is 0 Å². The van der Waals surface area contributed by atoms with Crippen molar-refractivity contribution < 1.29 is 5.11 Å². The van der Waals surface area contributed by atoms with Gasteiger partial charge < -0.3 is 5.11 Å². The molecule has 42 valence electrons. The normalized spacial score (nSPS) is 13.6. The molecule has 0 aliphatic rings. The Balaban J connectivity index is 3.72. The largest absolute Gasteiger partial charge is 0.501 e. The quantitative estimate of drug-likeness (QED) is 0.686. The summed E-state index contributed by atoms with van der Waals surface area (Å²) in [6.45, 7) is 1.95. The van der Waals surface area contributed by atoms with Gasteiger partial charge in [0.1, 0.15) is 0 Å². The lowest BCUT2D eigenvalue weighted by atomic mass is 10.5. The summed E-state index contributed by atoms with van der Waals surface area (Å²) in [5.74, 6) is 0. The first-order valence-electron chi connectivity index (χ1n) is 1.91. The van der Waals surface area contributed by atoms with Gasteiger partial charge in [-0.1, -0.05) is 22.9 Å². The molecule has 0 aliphatic carbocycles. The van der Waals surface area contributed by atoms with Gasteiger partial charge in [0.15, 0.2) is 4.67 Å². The molecule has 0 fully saturated rings. The number of allylic oxidation sites excluding steroid dienone is 1. The van der Waals surface area contributed by atoms with Crippen LogP contribution < -0.4 is 0 Å². The predicted octanol–water partition coefficient (Wildman–Crippen LogP) is 2.91. The molecule has 7 heavy (non-hydrogen) atoms. The van der Waals surface area contributed by atoms with E-state index in [0.717, 1.165) is 10.9 Å². The monoisotopic (exact) mass is 228 g/mol. The number of halogens is 2. The van der Waals surface area contributed by atoms with E-state index in [1.807, 2.05) is 6.92 Å². The minimum atomic E-state index is 0.190. The Kier molecular flexibility index (Phi) is 3.75. The number of aliphatic hydroxyl groups is 1. The highest BCUT2D eigenvalue weighted by Crippen LogP contribution is 2.17. The van der Waals surface area contributed by atoms with Crippen molar-refractivity contribution in [2.24, 2.45) is 0 Å². The van der Waals surface area contributed by atoms with Crippen molar-refractivity contribution in [1.29, 1.82) is 0 Å². The van der Waals surface area contributed by atoms with Gasteiger partial charge in [-0.15, -0.1) is 0 Å². The SMILES string of the molecule is CC/C(Br)=C(\O)Br. The Hall–Kier alpha value is 0.500. The average molecular weight is 230 g/mol. The first kappa shape index (κ1) is 7.50. The maximum Gasteiger partial charge on any atom is 0.169 e. The molecule has 0 bridgehead atoms. The van der Waals surface area contributed by atoms with E-state index in [1.54, 1.807) is 0 Å². The zero-order chi connectivity index (χ0) is 5.86. The third kappa shape index (κ3) is 3.12. The van der Waals surface area contributed by atoms with Crippen LogP contribution in [0.1, 0.15) is 13.3 Å². The van der Waals surface area contributed by atoms with Crippen LogP contribution in [0.2, 0.25) is 0 Å². The molecule has 1 nitrogen and oxygen atoms in total. The Labute approximate surface area is 59.7 Å². The van der Waals surface area contributed by atoms with E-state index < -0.39 is 0 Å². The summed E-state index contributed by atoms with van der Waals surface area (Å²) in [6, 6.07) is 0. The molecule has 3 heteroatoms. The lowest BCUT2D eigenvalue weighted by Crippen LogP contribution is -1.69. The lowest BCUT2D eigenvalue weighted by Gasteiger charge is -1.88. The second kappa shape index (κ2) is 3.50. The molecular formula is C4H6Br2O. The van der Waals surface area contributed by atoms with Gasteiger partial charge in [0.25, 0.3) is 0 Å². The second-order valence-electron chi connectivity index (χ2n) is 1.05. The van der Waals surface area contributed by atoms with Gasteiger partial charge in [-0.3, -0.25) is 0 Å². The van der Waals surface area contributed by atoms with E-state index in [-0.39, 0.29) is 4.67 Å². The van der Waals surface area contributed by atoms with Crippen molar-refractivity contribution in [3.63, 3.8) is 0 Å². The van der Waals surface area contributed by atoms with E-state index in [2.05, 4.69) is 31.9 Å². The van der Waals surface area contributed by atoms with Gasteiger partial charge in [-0.2, -0.15) is 0 Å². The highest BCUT2D eigenvalue weighted by atomic mass is 79.9. The molecule has 1 N–H and O–H groups in total. The van der Waals surface area contributed by atoms with Crippen LogP contribution in [0.25, 0.3) is 0 Å². The maximum absolute atomic E-state index is 8.57. The fourth-order valence-corrected chi connectivity index (χ4v) is 0.426. The molecule has 0 heterocycles. The Morgan fingerprint density at radius 3 is 2.00 bits per heavy atom.